The van der Waals surface area contributed by atoms with Gasteiger partial charge in [-0.3, -0.25) is 9.88 Å². The number of imidazole rings is 1. The van der Waals surface area contributed by atoms with Crippen LogP contribution >= 0.6 is 0 Å². The summed E-state index contributed by atoms with van der Waals surface area (Å²) < 4.78 is 22.1. The minimum Gasteiger partial charge on any atom is -0.364 e. The van der Waals surface area contributed by atoms with Gasteiger partial charge in [-0.05, 0) is 30.7 Å². The maximum atomic E-state index is 13.7. The Hall–Kier alpha value is -2.57. The molecule has 0 saturated carbocycles. The molecule has 138 valence electrons. The number of fused-ring (bicyclic) bond motifs is 1. The highest BCUT2D eigenvalue weighted by atomic mass is 19.1. The van der Waals surface area contributed by atoms with Gasteiger partial charge < -0.3 is 9.30 Å². The van der Waals surface area contributed by atoms with E-state index in [9.17, 15) is 4.39 Å². The van der Waals surface area contributed by atoms with Gasteiger partial charge in [-0.15, -0.1) is 0 Å². The van der Waals surface area contributed by atoms with Gasteiger partial charge in [0.05, 0.1) is 24.1 Å². The Labute approximate surface area is 157 Å². The number of rotatable bonds is 3. The van der Waals surface area contributed by atoms with Gasteiger partial charge in [0.15, 0.2) is 0 Å². The van der Waals surface area contributed by atoms with Gasteiger partial charge >= 0.3 is 0 Å². The molecule has 1 aromatic carbocycles. The molecule has 3 aromatic rings. The van der Waals surface area contributed by atoms with Crippen LogP contribution in [0.25, 0.3) is 11.3 Å². The van der Waals surface area contributed by atoms with E-state index in [1.807, 2.05) is 30.6 Å². The Morgan fingerprint density at radius 3 is 2.93 bits per heavy atom. The summed E-state index contributed by atoms with van der Waals surface area (Å²) in [4.78, 5) is 11.3. The third-order valence-electron chi connectivity index (χ3n) is 5.52. The van der Waals surface area contributed by atoms with Crippen molar-refractivity contribution in [1.82, 2.24) is 19.4 Å². The average Bonchev–Trinajstić information content (AvgIpc) is 3.27. The predicted molar refractivity (Wildman–Crippen MR) is 99.3 cm³/mol. The van der Waals surface area contributed by atoms with E-state index in [-0.39, 0.29) is 11.4 Å². The first kappa shape index (κ1) is 16.6. The van der Waals surface area contributed by atoms with Gasteiger partial charge in [-0.1, -0.05) is 18.2 Å². The third-order valence-corrected chi connectivity index (χ3v) is 5.52. The van der Waals surface area contributed by atoms with Crippen molar-refractivity contribution < 1.29 is 9.13 Å². The molecule has 2 aromatic heterocycles. The summed E-state index contributed by atoms with van der Waals surface area (Å²) in [5, 5.41) is 0. The molecule has 2 aliphatic heterocycles. The molecule has 5 rings (SSSR count). The number of hydrogen-bond acceptors (Lipinski definition) is 4. The lowest BCUT2D eigenvalue weighted by atomic mass is 10.0. The zero-order chi connectivity index (χ0) is 18.3. The minimum absolute atomic E-state index is 0.218. The van der Waals surface area contributed by atoms with Crippen molar-refractivity contribution in [2.45, 2.75) is 31.7 Å². The number of nitrogens with zero attached hydrogens (tertiary/aromatic N) is 4. The number of likely N-dealkylation sites (tertiary alicyclic amines) is 1. The molecule has 0 bridgehead atoms. The molecule has 1 atom stereocenters. The predicted octanol–water partition coefficient (Wildman–Crippen LogP) is 3.26. The lowest BCUT2D eigenvalue weighted by molar-refractivity contribution is -0.0821. The zero-order valence-electron chi connectivity index (χ0n) is 15.0. The SMILES string of the molecule is Fc1cccc(-c2cnc3n2C[C@@]2(CCN(Cc4ccccn4)C2)OC3)c1. The number of aromatic nitrogens is 3. The molecule has 6 heteroatoms. The fraction of sp³-hybridized carbons (Fsp3) is 0.333. The molecule has 0 amide bonds. The third kappa shape index (κ3) is 3.15. The highest BCUT2D eigenvalue weighted by Crippen LogP contribution is 2.35. The molecular weight excluding hydrogens is 343 g/mol. The normalized spacial score (nSPS) is 22.3. The van der Waals surface area contributed by atoms with Crippen molar-refractivity contribution in [2.24, 2.45) is 0 Å². The lowest BCUT2D eigenvalue weighted by Gasteiger charge is -2.35. The van der Waals surface area contributed by atoms with Gasteiger partial charge in [-0.25, -0.2) is 9.37 Å². The Balaban J connectivity index is 1.37. The van der Waals surface area contributed by atoms with E-state index in [1.165, 1.54) is 6.07 Å². The summed E-state index contributed by atoms with van der Waals surface area (Å²) in [5.74, 6) is 0.676. The minimum atomic E-state index is -0.229. The molecule has 0 N–H and O–H groups in total. The van der Waals surface area contributed by atoms with Crippen LogP contribution in [0.15, 0.2) is 54.9 Å². The summed E-state index contributed by atoms with van der Waals surface area (Å²) in [7, 11) is 0. The quantitative estimate of drug-likeness (QED) is 0.716. The maximum absolute atomic E-state index is 13.7. The van der Waals surface area contributed by atoms with Gasteiger partial charge in [0.2, 0.25) is 0 Å². The summed E-state index contributed by atoms with van der Waals surface area (Å²) in [6, 6.07) is 12.7. The Kier molecular flexibility index (Phi) is 4.02. The van der Waals surface area contributed by atoms with E-state index in [4.69, 9.17) is 4.74 Å². The molecular formula is C21H21FN4O. The zero-order valence-corrected chi connectivity index (χ0v) is 15.0. The second kappa shape index (κ2) is 6.55. The fourth-order valence-electron chi connectivity index (χ4n) is 4.17. The second-order valence-electron chi connectivity index (χ2n) is 7.41. The standard InChI is InChI=1S/C21H21FN4O/c22-17-5-3-4-16(10-17)19-11-24-20-13-27-21(15-26(19)20)7-9-25(14-21)12-18-6-1-2-8-23-18/h1-6,8,10-11H,7,9,12-15H2/t21-/m0/s1. The van der Waals surface area contributed by atoms with Crippen LogP contribution < -0.4 is 0 Å². The van der Waals surface area contributed by atoms with E-state index in [0.717, 1.165) is 55.4 Å². The number of pyridine rings is 1. The number of hydrogen-bond donors (Lipinski definition) is 0. The Morgan fingerprint density at radius 2 is 2.07 bits per heavy atom. The van der Waals surface area contributed by atoms with E-state index in [1.54, 1.807) is 12.1 Å². The summed E-state index contributed by atoms with van der Waals surface area (Å²) in [6.45, 7) is 3.92. The Morgan fingerprint density at radius 1 is 1.11 bits per heavy atom. The van der Waals surface area contributed by atoms with E-state index in [2.05, 4.69) is 25.5 Å². The van der Waals surface area contributed by atoms with Crippen LogP contribution in [-0.2, 0) is 24.4 Å². The van der Waals surface area contributed by atoms with Crippen LogP contribution in [0, 0.1) is 5.82 Å². The van der Waals surface area contributed by atoms with Gasteiger partial charge in [0.25, 0.3) is 0 Å². The summed E-state index contributed by atoms with van der Waals surface area (Å²) >= 11 is 0. The highest BCUT2D eigenvalue weighted by Gasteiger charge is 2.43. The number of benzene rings is 1. The van der Waals surface area contributed by atoms with Crippen LogP contribution in [0.3, 0.4) is 0 Å². The van der Waals surface area contributed by atoms with Crippen LogP contribution in [0.5, 0.6) is 0 Å². The number of ether oxygens (including phenoxy) is 1. The topological polar surface area (TPSA) is 43.2 Å². The molecule has 0 aliphatic carbocycles. The Bertz CT molecular complexity index is 958. The molecule has 4 heterocycles. The molecule has 1 spiro atoms. The first-order valence-corrected chi connectivity index (χ1v) is 9.27. The average molecular weight is 364 g/mol. The van der Waals surface area contributed by atoms with Crippen molar-refractivity contribution in [3.8, 4) is 11.3 Å². The number of halogens is 1. The first-order chi connectivity index (χ1) is 13.2. The maximum Gasteiger partial charge on any atom is 0.135 e. The molecule has 0 unspecified atom stereocenters. The summed E-state index contributed by atoms with van der Waals surface area (Å²) in [5.41, 5.74) is 2.67. The van der Waals surface area contributed by atoms with Crippen molar-refractivity contribution in [3.05, 3.63) is 72.2 Å². The molecule has 2 aliphatic rings. The molecule has 1 saturated heterocycles. The van der Waals surface area contributed by atoms with Crippen molar-refractivity contribution in [2.75, 3.05) is 13.1 Å². The van der Waals surface area contributed by atoms with E-state index >= 15 is 0 Å². The highest BCUT2D eigenvalue weighted by molar-refractivity contribution is 5.59. The van der Waals surface area contributed by atoms with Crippen LogP contribution in [-0.4, -0.2) is 38.1 Å². The molecule has 0 radical (unpaired) electrons. The fourth-order valence-corrected chi connectivity index (χ4v) is 4.17. The molecule has 1 fully saturated rings. The van der Waals surface area contributed by atoms with Crippen molar-refractivity contribution in [3.63, 3.8) is 0 Å². The molecule has 5 nitrogen and oxygen atoms in total. The van der Waals surface area contributed by atoms with E-state index < -0.39 is 0 Å². The van der Waals surface area contributed by atoms with Crippen molar-refractivity contribution >= 4 is 0 Å². The van der Waals surface area contributed by atoms with Gasteiger partial charge in [0, 0.05) is 31.4 Å². The first-order valence-electron chi connectivity index (χ1n) is 9.27. The van der Waals surface area contributed by atoms with Gasteiger partial charge in [-0.2, -0.15) is 0 Å². The second-order valence-corrected chi connectivity index (χ2v) is 7.41. The van der Waals surface area contributed by atoms with Crippen LogP contribution in [0.1, 0.15) is 17.9 Å². The van der Waals surface area contributed by atoms with Crippen molar-refractivity contribution in [1.29, 1.82) is 0 Å². The largest absolute Gasteiger partial charge is 0.364 e. The van der Waals surface area contributed by atoms with Gasteiger partial charge in [0.1, 0.15) is 23.8 Å². The monoisotopic (exact) mass is 364 g/mol. The lowest BCUT2D eigenvalue weighted by Crippen LogP contribution is -2.44. The van der Waals surface area contributed by atoms with Crippen LogP contribution in [0.2, 0.25) is 0 Å². The van der Waals surface area contributed by atoms with Crippen LogP contribution in [0.4, 0.5) is 4.39 Å². The molecule has 27 heavy (non-hydrogen) atoms. The van der Waals surface area contributed by atoms with E-state index in [0.29, 0.717) is 6.61 Å². The summed E-state index contributed by atoms with van der Waals surface area (Å²) in [6.07, 6.45) is 4.63. The smallest absolute Gasteiger partial charge is 0.135 e.